The molecule has 2 rings (SSSR count). The Hall–Kier alpha value is -1.13. The Labute approximate surface area is 111 Å². The van der Waals surface area contributed by atoms with Gasteiger partial charge in [-0.2, -0.15) is 0 Å². The zero-order chi connectivity index (χ0) is 12.4. The van der Waals surface area contributed by atoms with E-state index in [1.807, 2.05) is 0 Å². The zero-order valence-electron chi connectivity index (χ0n) is 9.86. The average molecular weight is 276 g/mol. The molecule has 2 atom stereocenters. The second-order valence-corrected chi connectivity index (χ2v) is 4.33. The molecule has 0 aliphatic heterocycles. The zero-order valence-corrected chi connectivity index (χ0v) is 10.7. The Morgan fingerprint density at radius 1 is 1.50 bits per heavy atom. The van der Waals surface area contributed by atoms with Gasteiger partial charge in [0.25, 0.3) is 0 Å². The van der Waals surface area contributed by atoms with Crippen LogP contribution in [-0.2, 0) is 0 Å². The predicted octanol–water partition coefficient (Wildman–Crippen LogP) is 3.17. The van der Waals surface area contributed by atoms with E-state index in [0.717, 1.165) is 12.0 Å². The molecule has 0 aromatic heterocycles. The third-order valence-electron chi connectivity index (χ3n) is 2.98. The van der Waals surface area contributed by atoms with Crippen molar-refractivity contribution in [3.8, 4) is 5.75 Å². The van der Waals surface area contributed by atoms with E-state index in [-0.39, 0.29) is 30.7 Å². The smallest absolute Gasteiger partial charge is 0.139 e. The summed E-state index contributed by atoms with van der Waals surface area (Å²) >= 11 is 0. The third-order valence-corrected chi connectivity index (χ3v) is 2.98. The lowest BCUT2D eigenvalue weighted by atomic mass is 10.1. The summed E-state index contributed by atoms with van der Waals surface area (Å²) in [5.41, 5.74) is 6.34. The first kappa shape index (κ1) is 14.9. The second kappa shape index (κ2) is 6.16. The van der Waals surface area contributed by atoms with Crippen LogP contribution in [-0.4, -0.2) is 13.2 Å². The van der Waals surface area contributed by atoms with Crippen molar-refractivity contribution in [3.05, 3.63) is 42.0 Å². The highest BCUT2D eigenvalue weighted by molar-refractivity contribution is 5.85. The number of halogens is 3. The molecule has 1 aromatic carbocycles. The van der Waals surface area contributed by atoms with Gasteiger partial charge in [0, 0.05) is 5.56 Å². The van der Waals surface area contributed by atoms with Crippen molar-refractivity contribution in [2.45, 2.75) is 12.3 Å². The van der Waals surface area contributed by atoms with Crippen LogP contribution in [0.2, 0.25) is 0 Å². The largest absolute Gasteiger partial charge is 0.486 e. The highest BCUT2D eigenvalue weighted by atomic mass is 35.5. The molecule has 5 heteroatoms. The summed E-state index contributed by atoms with van der Waals surface area (Å²) in [5, 5.41) is 0. The summed E-state index contributed by atoms with van der Waals surface area (Å²) in [6, 6.07) is 4.27. The Balaban J connectivity index is 0.00000162. The van der Waals surface area contributed by atoms with Crippen LogP contribution < -0.4 is 10.5 Å². The Bertz CT molecular complexity index is 439. The second-order valence-electron chi connectivity index (χ2n) is 4.33. The quantitative estimate of drug-likeness (QED) is 0.896. The van der Waals surface area contributed by atoms with Crippen LogP contribution in [0, 0.1) is 11.7 Å². The van der Waals surface area contributed by atoms with Gasteiger partial charge in [-0.25, -0.2) is 8.78 Å². The molecule has 0 bridgehead atoms. The van der Waals surface area contributed by atoms with Crippen LogP contribution in [0.15, 0.2) is 30.6 Å². The molecular weight excluding hydrogens is 260 g/mol. The van der Waals surface area contributed by atoms with Crippen molar-refractivity contribution in [2.75, 3.05) is 13.2 Å². The SMILES string of the molecule is C=C(F)COc1ccc(F)cc1[C@H]1C[C@@H]1CN.Cl. The van der Waals surface area contributed by atoms with Crippen molar-refractivity contribution in [1.29, 1.82) is 0 Å². The molecule has 0 unspecified atom stereocenters. The van der Waals surface area contributed by atoms with Crippen LogP contribution in [0.5, 0.6) is 5.75 Å². The minimum atomic E-state index is -0.550. The maximum absolute atomic E-state index is 13.2. The summed E-state index contributed by atoms with van der Waals surface area (Å²) in [5.74, 6) is 0.276. The van der Waals surface area contributed by atoms with Crippen LogP contribution in [0.25, 0.3) is 0 Å². The number of hydrogen-bond acceptors (Lipinski definition) is 2. The minimum Gasteiger partial charge on any atom is -0.486 e. The van der Waals surface area contributed by atoms with Gasteiger partial charge in [0.2, 0.25) is 0 Å². The Morgan fingerprint density at radius 3 is 2.78 bits per heavy atom. The Morgan fingerprint density at radius 2 is 2.22 bits per heavy atom. The molecule has 18 heavy (non-hydrogen) atoms. The van der Waals surface area contributed by atoms with E-state index in [1.165, 1.54) is 18.2 Å². The molecule has 1 aliphatic rings. The van der Waals surface area contributed by atoms with Gasteiger partial charge < -0.3 is 10.5 Å². The Kier molecular flexibility index (Phi) is 5.11. The van der Waals surface area contributed by atoms with Crippen LogP contribution in [0.4, 0.5) is 8.78 Å². The molecular formula is C13H16ClF2NO. The van der Waals surface area contributed by atoms with Gasteiger partial charge in [0.1, 0.15) is 24.0 Å². The predicted molar refractivity (Wildman–Crippen MR) is 69.3 cm³/mol. The monoisotopic (exact) mass is 275 g/mol. The van der Waals surface area contributed by atoms with Gasteiger partial charge in [-0.1, -0.05) is 6.58 Å². The molecule has 2 N–H and O–H groups in total. The van der Waals surface area contributed by atoms with Crippen molar-refractivity contribution >= 4 is 12.4 Å². The maximum Gasteiger partial charge on any atom is 0.139 e. The fourth-order valence-electron chi connectivity index (χ4n) is 1.99. The standard InChI is InChI=1S/C13H15F2NO.ClH/c1-8(14)7-17-13-3-2-10(15)5-12(13)11-4-9(11)6-16;/h2-3,5,9,11H,1,4,6-7,16H2;1H/t9-,11+;/m1./s1. The average Bonchev–Trinajstić information content (AvgIpc) is 3.06. The number of ether oxygens (including phenoxy) is 1. The number of benzene rings is 1. The van der Waals surface area contributed by atoms with E-state index in [1.54, 1.807) is 0 Å². The molecule has 1 saturated carbocycles. The number of nitrogens with two attached hydrogens (primary N) is 1. The van der Waals surface area contributed by atoms with Crippen molar-refractivity contribution in [3.63, 3.8) is 0 Å². The van der Waals surface area contributed by atoms with Gasteiger partial charge in [-0.05, 0) is 43.0 Å². The number of rotatable bonds is 5. The van der Waals surface area contributed by atoms with E-state index in [4.69, 9.17) is 10.5 Å². The molecule has 0 radical (unpaired) electrons. The normalized spacial score (nSPS) is 21.1. The van der Waals surface area contributed by atoms with Crippen molar-refractivity contribution in [1.82, 2.24) is 0 Å². The van der Waals surface area contributed by atoms with E-state index >= 15 is 0 Å². The van der Waals surface area contributed by atoms with E-state index < -0.39 is 5.83 Å². The summed E-state index contributed by atoms with van der Waals surface area (Å²) < 4.78 is 31.0. The van der Waals surface area contributed by atoms with Crippen molar-refractivity contribution < 1.29 is 13.5 Å². The molecule has 1 aliphatic carbocycles. The van der Waals surface area contributed by atoms with Crippen LogP contribution in [0.3, 0.4) is 0 Å². The molecule has 0 amide bonds. The first-order valence-electron chi connectivity index (χ1n) is 5.57. The van der Waals surface area contributed by atoms with Gasteiger partial charge >= 0.3 is 0 Å². The highest BCUT2D eigenvalue weighted by Gasteiger charge is 2.39. The topological polar surface area (TPSA) is 35.2 Å². The van der Waals surface area contributed by atoms with Gasteiger partial charge in [0.05, 0.1) is 0 Å². The molecule has 100 valence electrons. The van der Waals surface area contributed by atoms with Crippen LogP contribution >= 0.6 is 12.4 Å². The van der Waals surface area contributed by atoms with E-state index in [9.17, 15) is 8.78 Å². The molecule has 0 spiro atoms. The summed E-state index contributed by atoms with van der Waals surface area (Å²) in [4.78, 5) is 0. The summed E-state index contributed by atoms with van der Waals surface area (Å²) in [6.07, 6.45) is 0.937. The third kappa shape index (κ3) is 3.43. The van der Waals surface area contributed by atoms with Crippen LogP contribution in [0.1, 0.15) is 17.9 Å². The molecule has 1 fully saturated rings. The lowest BCUT2D eigenvalue weighted by Gasteiger charge is -2.10. The molecule has 2 nitrogen and oxygen atoms in total. The fraction of sp³-hybridized carbons (Fsp3) is 0.385. The summed E-state index contributed by atoms with van der Waals surface area (Å²) in [7, 11) is 0. The first-order chi connectivity index (χ1) is 8.11. The van der Waals surface area contributed by atoms with Gasteiger partial charge in [0.15, 0.2) is 0 Å². The number of hydrogen-bond donors (Lipinski definition) is 1. The highest BCUT2D eigenvalue weighted by Crippen LogP contribution is 2.49. The lowest BCUT2D eigenvalue weighted by Crippen LogP contribution is -2.04. The first-order valence-corrected chi connectivity index (χ1v) is 5.57. The molecule has 0 saturated heterocycles. The van der Waals surface area contributed by atoms with Gasteiger partial charge in [-0.3, -0.25) is 0 Å². The fourth-order valence-corrected chi connectivity index (χ4v) is 1.99. The van der Waals surface area contributed by atoms with E-state index in [2.05, 4.69) is 6.58 Å². The van der Waals surface area contributed by atoms with Crippen molar-refractivity contribution in [2.24, 2.45) is 11.7 Å². The maximum atomic E-state index is 13.2. The molecule has 1 aromatic rings. The lowest BCUT2D eigenvalue weighted by molar-refractivity contribution is 0.316. The minimum absolute atomic E-state index is 0. The summed E-state index contributed by atoms with van der Waals surface area (Å²) in [6.45, 7) is 3.51. The molecule has 0 heterocycles. The van der Waals surface area contributed by atoms with E-state index in [0.29, 0.717) is 18.2 Å². The van der Waals surface area contributed by atoms with Gasteiger partial charge in [-0.15, -0.1) is 12.4 Å².